The molecule has 0 amide bonds. The van der Waals surface area contributed by atoms with Crippen molar-refractivity contribution in [3.05, 3.63) is 42.0 Å². The molecule has 0 bridgehead atoms. The molecule has 7 heteroatoms. The standard InChI is InChI=1S/C18H24N6.HI/c1-3-8-15(9-4-1)20-18(23-11-5-2-6-12-23)19-14-17-22-21-16-10-7-13-24(16)17;/h1,3-4,8-9H,2,5-7,10-14H2,(H,19,20);1H. The molecule has 4 rings (SSSR count). The van der Waals surface area contributed by atoms with Gasteiger partial charge in [-0.3, -0.25) is 0 Å². The van der Waals surface area contributed by atoms with Crippen LogP contribution in [0.4, 0.5) is 5.69 Å². The molecule has 2 aromatic rings. The number of benzene rings is 1. The number of aromatic nitrogens is 3. The third-order valence-corrected chi connectivity index (χ3v) is 4.74. The number of fused-ring (bicyclic) bond motifs is 1. The zero-order chi connectivity index (χ0) is 16.2. The van der Waals surface area contributed by atoms with Gasteiger partial charge < -0.3 is 14.8 Å². The lowest BCUT2D eigenvalue weighted by Gasteiger charge is -2.30. The predicted molar refractivity (Wildman–Crippen MR) is 110 cm³/mol. The molecule has 0 spiro atoms. The number of hydrogen-bond acceptors (Lipinski definition) is 3. The van der Waals surface area contributed by atoms with Crippen LogP contribution in [0.2, 0.25) is 0 Å². The Balaban J connectivity index is 0.00000182. The van der Waals surface area contributed by atoms with Crippen molar-refractivity contribution in [2.24, 2.45) is 4.99 Å². The van der Waals surface area contributed by atoms with Gasteiger partial charge in [0.25, 0.3) is 0 Å². The Hall–Kier alpha value is -1.64. The maximum Gasteiger partial charge on any atom is 0.198 e. The van der Waals surface area contributed by atoms with Gasteiger partial charge in [-0.25, -0.2) is 4.99 Å². The molecule has 2 aliphatic heterocycles. The first-order chi connectivity index (χ1) is 11.9. The first-order valence-electron chi connectivity index (χ1n) is 8.92. The molecule has 0 radical (unpaired) electrons. The van der Waals surface area contributed by atoms with Crippen LogP contribution in [0.1, 0.15) is 37.3 Å². The van der Waals surface area contributed by atoms with E-state index in [1.165, 1.54) is 25.7 Å². The molecule has 3 heterocycles. The van der Waals surface area contributed by atoms with Crippen LogP contribution in [-0.2, 0) is 19.5 Å². The maximum atomic E-state index is 4.87. The number of guanidine groups is 1. The molecule has 1 aromatic carbocycles. The van der Waals surface area contributed by atoms with Crippen molar-refractivity contribution in [3.8, 4) is 0 Å². The van der Waals surface area contributed by atoms with E-state index in [1.54, 1.807) is 0 Å². The van der Waals surface area contributed by atoms with Gasteiger partial charge in [0.1, 0.15) is 12.4 Å². The molecule has 2 aliphatic rings. The summed E-state index contributed by atoms with van der Waals surface area (Å²) >= 11 is 0. The normalized spacial score (nSPS) is 17.1. The minimum Gasteiger partial charge on any atom is -0.343 e. The van der Waals surface area contributed by atoms with Crippen molar-refractivity contribution >= 4 is 35.6 Å². The van der Waals surface area contributed by atoms with Crippen LogP contribution in [0.25, 0.3) is 0 Å². The highest BCUT2D eigenvalue weighted by atomic mass is 127. The summed E-state index contributed by atoms with van der Waals surface area (Å²) in [6, 6.07) is 10.3. The van der Waals surface area contributed by atoms with Crippen molar-refractivity contribution in [3.63, 3.8) is 0 Å². The summed E-state index contributed by atoms with van der Waals surface area (Å²) in [5, 5.41) is 12.1. The van der Waals surface area contributed by atoms with Crippen molar-refractivity contribution in [1.29, 1.82) is 0 Å². The summed E-state index contributed by atoms with van der Waals surface area (Å²) in [7, 11) is 0. The van der Waals surface area contributed by atoms with Crippen LogP contribution in [0.5, 0.6) is 0 Å². The minimum absolute atomic E-state index is 0. The van der Waals surface area contributed by atoms with Gasteiger partial charge in [-0.15, -0.1) is 34.2 Å². The van der Waals surface area contributed by atoms with Gasteiger partial charge in [-0.2, -0.15) is 0 Å². The molecule has 0 saturated carbocycles. The largest absolute Gasteiger partial charge is 0.343 e. The van der Waals surface area contributed by atoms with E-state index in [4.69, 9.17) is 4.99 Å². The number of anilines is 1. The van der Waals surface area contributed by atoms with Crippen LogP contribution in [-0.4, -0.2) is 38.7 Å². The van der Waals surface area contributed by atoms with Crippen LogP contribution in [0.15, 0.2) is 35.3 Å². The highest BCUT2D eigenvalue weighted by Crippen LogP contribution is 2.16. The van der Waals surface area contributed by atoms with Crippen molar-refractivity contribution in [2.45, 2.75) is 45.2 Å². The Morgan fingerprint density at radius 2 is 1.80 bits per heavy atom. The Morgan fingerprint density at radius 1 is 1.00 bits per heavy atom. The van der Waals surface area contributed by atoms with Crippen molar-refractivity contribution < 1.29 is 0 Å². The number of rotatable bonds is 3. The van der Waals surface area contributed by atoms with Gasteiger partial charge in [0.05, 0.1) is 0 Å². The van der Waals surface area contributed by atoms with E-state index in [2.05, 4.69) is 37.1 Å². The summed E-state index contributed by atoms with van der Waals surface area (Å²) in [5.41, 5.74) is 1.08. The highest BCUT2D eigenvalue weighted by Gasteiger charge is 2.18. The van der Waals surface area contributed by atoms with Crippen molar-refractivity contribution in [1.82, 2.24) is 19.7 Å². The van der Waals surface area contributed by atoms with E-state index in [0.717, 1.165) is 49.4 Å². The number of para-hydroxylation sites is 1. The lowest BCUT2D eigenvalue weighted by atomic mass is 10.1. The number of hydrogen-bond donors (Lipinski definition) is 1. The summed E-state index contributed by atoms with van der Waals surface area (Å²) in [4.78, 5) is 7.23. The second kappa shape index (κ2) is 8.64. The minimum atomic E-state index is 0. The average Bonchev–Trinajstić information content (AvgIpc) is 3.24. The number of nitrogens with one attached hydrogen (secondary N) is 1. The van der Waals surface area contributed by atoms with Gasteiger partial charge in [-0.05, 0) is 37.8 Å². The zero-order valence-electron chi connectivity index (χ0n) is 14.4. The molecule has 1 N–H and O–H groups in total. The van der Waals surface area contributed by atoms with E-state index in [1.807, 2.05) is 18.2 Å². The van der Waals surface area contributed by atoms with Gasteiger partial charge in [-0.1, -0.05) is 18.2 Å². The van der Waals surface area contributed by atoms with Crippen LogP contribution >= 0.6 is 24.0 Å². The highest BCUT2D eigenvalue weighted by molar-refractivity contribution is 14.0. The number of likely N-dealkylation sites (tertiary alicyclic amines) is 1. The SMILES string of the molecule is I.c1ccc(NC(=NCc2nnc3n2CCC3)N2CCCCC2)cc1. The number of aryl methyl sites for hydroxylation is 1. The summed E-state index contributed by atoms with van der Waals surface area (Å²) in [5.74, 6) is 3.04. The Morgan fingerprint density at radius 3 is 2.60 bits per heavy atom. The predicted octanol–water partition coefficient (Wildman–Crippen LogP) is 3.30. The average molecular weight is 452 g/mol. The van der Waals surface area contributed by atoms with E-state index < -0.39 is 0 Å². The van der Waals surface area contributed by atoms with Gasteiger partial charge in [0, 0.05) is 31.7 Å². The Bertz CT molecular complexity index is 706. The molecule has 1 aromatic heterocycles. The summed E-state index contributed by atoms with van der Waals surface area (Å²) in [6.45, 7) is 3.74. The number of halogens is 1. The second-order valence-electron chi connectivity index (χ2n) is 6.47. The van der Waals surface area contributed by atoms with Crippen molar-refractivity contribution in [2.75, 3.05) is 18.4 Å². The molecule has 1 fully saturated rings. The first-order valence-corrected chi connectivity index (χ1v) is 8.92. The summed E-state index contributed by atoms with van der Waals surface area (Å²) in [6.07, 6.45) is 5.99. The molecular weight excluding hydrogens is 427 g/mol. The molecule has 0 atom stereocenters. The van der Waals surface area contributed by atoms with E-state index in [0.29, 0.717) is 6.54 Å². The molecule has 0 unspecified atom stereocenters. The third-order valence-electron chi connectivity index (χ3n) is 4.74. The lowest BCUT2D eigenvalue weighted by molar-refractivity contribution is 0.340. The second-order valence-corrected chi connectivity index (χ2v) is 6.47. The Labute approximate surface area is 165 Å². The monoisotopic (exact) mass is 452 g/mol. The van der Waals surface area contributed by atoms with Gasteiger partial charge in [0.15, 0.2) is 11.8 Å². The molecule has 1 saturated heterocycles. The zero-order valence-corrected chi connectivity index (χ0v) is 16.7. The Kier molecular flexibility index (Phi) is 6.28. The molecule has 0 aliphatic carbocycles. The quantitative estimate of drug-likeness (QED) is 0.441. The lowest BCUT2D eigenvalue weighted by Crippen LogP contribution is -2.40. The first kappa shape index (κ1) is 18.2. The number of nitrogens with zero attached hydrogens (tertiary/aromatic N) is 5. The van der Waals surface area contributed by atoms with Crippen LogP contribution in [0.3, 0.4) is 0 Å². The van der Waals surface area contributed by atoms with E-state index in [-0.39, 0.29) is 24.0 Å². The fourth-order valence-corrected chi connectivity index (χ4v) is 3.45. The topological polar surface area (TPSA) is 58.3 Å². The molecule has 6 nitrogen and oxygen atoms in total. The van der Waals surface area contributed by atoms with Crippen LogP contribution in [0, 0.1) is 0 Å². The maximum absolute atomic E-state index is 4.87. The third kappa shape index (κ3) is 4.31. The number of piperidine rings is 1. The van der Waals surface area contributed by atoms with Gasteiger partial charge >= 0.3 is 0 Å². The van der Waals surface area contributed by atoms with Gasteiger partial charge in [0.2, 0.25) is 0 Å². The van der Waals surface area contributed by atoms with Crippen LogP contribution < -0.4 is 5.32 Å². The smallest absolute Gasteiger partial charge is 0.198 e. The molecule has 134 valence electrons. The molecule has 25 heavy (non-hydrogen) atoms. The molecular formula is C18H25IN6. The fourth-order valence-electron chi connectivity index (χ4n) is 3.45. The van der Waals surface area contributed by atoms with E-state index in [9.17, 15) is 0 Å². The number of aliphatic imine (C=N–C) groups is 1. The summed E-state index contributed by atoms with van der Waals surface area (Å²) < 4.78 is 2.22. The van der Waals surface area contributed by atoms with E-state index >= 15 is 0 Å². The fraction of sp³-hybridized carbons (Fsp3) is 0.500.